The Bertz CT molecular complexity index is 464. The van der Waals surface area contributed by atoms with Crippen LogP contribution in [0.1, 0.15) is 13.3 Å². The monoisotopic (exact) mass is 344 g/mol. The van der Waals surface area contributed by atoms with E-state index in [4.69, 9.17) is 14.2 Å². The van der Waals surface area contributed by atoms with E-state index in [1.807, 2.05) is 31.2 Å². The molecule has 0 aromatic heterocycles. The molecule has 1 aliphatic rings. The van der Waals surface area contributed by atoms with Crippen molar-refractivity contribution in [2.75, 3.05) is 33.4 Å². The molecule has 1 saturated heterocycles. The lowest BCUT2D eigenvalue weighted by Gasteiger charge is -2.23. The van der Waals surface area contributed by atoms with Crippen molar-refractivity contribution in [3.63, 3.8) is 0 Å². The summed E-state index contributed by atoms with van der Waals surface area (Å²) in [4.78, 5) is 11.9. The summed E-state index contributed by atoms with van der Waals surface area (Å²) in [6, 6.07) is 7.48. The van der Waals surface area contributed by atoms with Crippen molar-refractivity contribution < 1.29 is 19.0 Å². The van der Waals surface area contributed by atoms with Gasteiger partial charge in [0.1, 0.15) is 17.6 Å². The summed E-state index contributed by atoms with van der Waals surface area (Å²) < 4.78 is 16.2. The van der Waals surface area contributed by atoms with Crippen LogP contribution in [0.15, 0.2) is 24.3 Å². The van der Waals surface area contributed by atoms with Crippen molar-refractivity contribution in [1.29, 1.82) is 0 Å². The number of morpholine rings is 1. The summed E-state index contributed by atoms with van der Waals surface area (Å²) in [5, 5.41) is 6.15. The van der Waals surface area contributed by atoms with Gasteiger partial charge in [0.15, 0.2) is 0 Å². The second kappa shape index (κ2) is 10.3. The normalized spacial score (nSPS) is 18.4. The van der Waals surface area contributed by atoms with Gasteiger partial charge in [0, 0.05) is 19.0 Å². The largest absolute Gasteiger partial charge is 0.497 e. The third kappa shape index (κ3) is 7.07. The molecule has 1 amide bonds. The van der Waals surface area contributed by atoms with Crippen LogP contribution in [0.5, 0.6) is 11.5 Å². The fourth-order valence-electron chi connectivity index (χ4n) is 2.23. The molecule has 130 valence electrons. The van der Waals surface area contributed by atoms with Crippen LogP contribution in [0.4, 0.5) is 0 Å². The van der Waals surface area contributed by atoms with Gasteiger partial charge in [-0.1, -0.05) is 0 Å². The summed E-state index contributed by atoms with van der Waals surface area (Å²) in [5.74, 6) is 1.55. The van der Waals surface area contributed by atoms with E-state index in [9.17, 15) is 4.79 Å². The van der Waals surface area contributed by atoms with Crippen LogP contribution in [0.25, 0.3) is 0 Å². The van der Waals surface area contributed by atoms with Crippen molar-refractivity contribution in [1.82, 2.24) is 10.6 Å². The minimum Gasteiger partial charge on any atom is -0.497 e. The number of hydrogen-bond acceptors (Lipinski definition) is 5. The van der Waals surface area contributed by atoms with Crippen molar-refractivity contribution in [2.45, 2.75) is 25.5 Å². The van der Waals surface area contributed by atoms with Crippen molar-refractivity contribution in [3.8, 4) is 11.5 Å². The number of hydrogen-bond donors (Lipinski definition) is 2. The summed E-state index contributed by atoms with van der Waals surface area (Å²) in [7, 11) is 1.63. The molecule has 1 aromatic rings. The van der Waals surface area contributed by atoms with Gasteiger partial charge in [-0.2, -0.15) is 0 Å². The lowest BCUT2D eigenvalue weighted by atomic mass is 10.2. The molecule has 0 radical (unpaired) electrons. The molecule has 0 bridgehead atoms. The Labute approximate surface area is 143 Å². The number of benzene rings is 1. The first-order valence-electron chi connectivity index (χ1n) is 7.56. The fraction of sp³-hybridized carbons (Fsp3) is 0.562. The van der Waals surface area contributed by atoms with E-state index in [2.05, 4.69) is 10.6 Å². The van der Waals surface area contributed by atoms with Gasteiger partial charge in [-0.05, 0) is 31.2 Å². The van der Waals surface area contributed by atoms with Gasteiger partial charge in [0.25, 0.3) is 0 Å². The SMILES string of the molecule is COc1ccc(OC(C)CNC(=O)CC2COCCN2)cc1.Cl. The zero-order valence-electron chi connectivity index (χ0n) is 13.5. The van der Waals surface area contributed by atoms with Gasteiger partial charge in [-0.15, -0.1) is 12.4 Å². The molecule has 1 aliphatic heterocycles. The minimum absolute atomic E-state index is 0. The molecule has 2 rings (SSSR count). The number of amides is 1. The standard InChI is InChI=1S/C16H24N2O4.ClH/c1-12(22-15-5-3-14(20-2)4-6-15)10-18-16(19)9-13-11-21-8-7-17-13;/h3-6,12-13,17H,7-11H2,1-2H3,(H,18,19);1H. The van der Waals surface area contributed by atoms with Crippen LogP contribution in [0.3, 0.4) is 0 Å². The second-order valence-corrected chi connectivity index (χ2v) is 5.34. The number of carbonyl (C=O) groups is 1. The Hall–Kier alpha value is -1.50. The summed E-state index contributed by atoms with van der Waals surface area (Å²) >= 11 is 0. The average molecular weight is 345 g/mol. The molecule has 0 aliphatic carbocycles. The molecule has 7 heteroatoms. The highest BCUT2D eigenvalue weighted by Crippen LogP contribution is 2.17. The van der Waals surface area contributed by atoms with Crippen LogP contribution in [0, 0.1) is 0 Å². The lowest BCUT2D eigenvalue weighted by Crippen LogP contribution is -2.45. The highest BCUT2D eigenvalue weighted by molar-refractivity contribution is 5.85. The van der Waals surface area contributed by atoms with E-state index in [1.54, 1.807) is 7.11 Å². The van der Waals surface area contributed by atoms with Gasteiger partial charge < -0.3 is 24.8 Å². The lowest BCUT2D eigenvalue weighted by molar-refractivity contribution is -0.122. The Kier molecular flexibility index (Phi) is 8.76. The van der Waals surface area contributed by atoms with Crippen LogP contribution >= 0.6 is 12.4 Å². The summed E-state index contributed by atoms with van der Waals surface area (Å²) in [6.45, 7) is 4.50. The van der Waals surface area contributed by atoms with E-state index in [-0.39, 0.29) is 30.5 Å². The Morgan fingerprint density at radius 2 is 2.09 bits per heavy atom. The molecule has 2 atom stereocenters. The molecular weight excluding hydrogens is 320 g/mol. The molecule has 1 heterocycles. The van der Waals surface area contributed by atoms with Crippen molar-refractivity contribution >= 4 is 18.3 Å². The molecule has 23 heavy (non-hydrogen) atoms. The highest BCUT2D eigenvalue weighted by Gasteiger charge is 2.17. The predicted molar refractivity (Wildman–Crippen MR) is 90.6 cm³/mol. The number of rotatable bonds is 7. The maximum atomic E-state index is 11.9. The third-order valence-corrected chi connectivity index (χ3v) is 3.41. The number of ether oxygens (including phenoxy) is 3. The molecule has 2 N–H and O–H groups in total. The van der Waals surface area contributed by atoms with Gasteiger partial charge in [0.2, 0.25) is 5.91 Å². The fourth-order valence-corrected chi connectivity index (χ4v) is 2.23. The van der Waals surface area contributed by atoms with E-state index >= 15 is 0 Å². The van der Waals surface area contributed by atoms with Gasteiger partial charge in [0.05, 0.1) is 26.9 Å². The van der Waals surface area contributed by atoms with Gasteiger partial charge in [-0.25, -0.2) is 0 Å². The summed E-state index contributed by atoms with van der Waals surface area (Å²) in [6.07, 6.45) is 0.322. The molecule has 2 unspecified atom stereocenters. The number of halogens is 1. The quantitative estimate of drug-likeness (QED) is 0.782. The first-order chi connectivity index (χ1) is 10.7. The van der Waals surface area contributed by atoms with Crippen molar-refractivity contribution in [3.05, 3.63) is 24.3 Å². The first-order valence-corrected chi connectivity index (χ1v) is 7.56. The number of carbonyl (C=O) groups excluding carboxylic acids is 1. The van der Waals surface area contributed by atoms with E-state index < -0.39 is 0 Å². The zero-order valence-corrected chi connectivity index (χ0v) is 14.4. The van der Waals surface area contributed by atoms with Crippen LogP contribution < -0.4 is 20.1 Å². The number of nitrogens with one attached hydrogen (secondary N) is 2. The molecular formula is C16H25ClN2O4. The molecule has 0 saturated carbocycles. The number of methoxy groups -OCH3 is 1. The van der Waals surface area contributed by atoms with Gasteiger partial charge >= 0.3 is 0 Å². The van der Waals surface area contributed by atoms with Crippen molar-refractivity contribution in [2.24, 2.45) is 0 Å². The summed E-state index contributed by atoms with van der Waals surface area (Å²) in [5.41, 5.74) is 0. The Balaban J connectivity index is 0.00000264. The maximum absolute atomic E-state index is 11.9. The molecule has 1 fully saturated rings. The topological polar surface area (TPSA) is 68.8 Å². The predicted octanol–water partition coefficient (Wildman–Crippen LogP) is 1.38. The van der Waals surface area contributed by atoms with Crippen LogP contribution in [0.2, 0.25) is 0 Å². The van der Waals surface area contributed by atoms with E-state index in [0.29, 0.717) is 26.2 Å². The van der Waals surface area contributed by atoms with Gasteiger partial charge in [-0.3, -0.25) is 4.79 Å². The smallest absolute Gasteiger partial charge is 0.221 e. The molecule has 0 spiro atoms. The van der Waals surface area contributed by atoms with Crippen LogP contribution in [-0.4, -0.2) is 51.5 Å². The van der Waals surface area contributed by atoms with E-state index in [0.717, 1.165) is 18.0 Å². The minimum atomic E-state index is -0.104. The second-order valence-electron chi connectivity index (χ2n) is 5.34. The Morgan fingerprint density at radius 1 is 1.39 bits per heavy atom. The zero-order chi connectivity index (χ0) is 15.8. The molecule has 6 nitrogen and oxygen atoms in total. The van der Waals surface area contributed by atoms with Crippen LogP contribution in [-0.2, 0) is 9.53 Å². The average Bonchev–Trinajstić information content (AvgIpc) is 2.55. The van der Waals surface area contributed by atoms with E-state index in [1.165, 1.54) is 0 Å². The Morgan fingerprint density at radius 3 is 2.70 bits per heavy atom. The first kappa shape index (κ1) is 19.5. The third-order valence-electron chi connectivity index (χ3n) is 3.41. The highest BCUT2D eigenvalue weighted by atomic mass is 35.5. The molecule has 1 aromatic carbocycles. The maximum Gasteiger partial charge on any atom is 0.221 e.